The van der Waals surface area contributed by atoms with Gasteiger partial charge in [-0.05, 0) is 45.3 Å². The Balaban J connectivity index is 2.41. The predicted molar refractivity (Wildman–Crippen MR) is 94.3 cm³/mol. The molecule has 0 spiro atoms. The Hall–Kier alpha value is -0.490. The average molecular weight is 307 g/mol. The van der Waals surface area contributed by atoms with Gasteiger partial charge in [-0.3, -0.25) is 0 Å². The summed E-state index contributed by atoms with van der Waals surface area (Å²) in [4.78, 5) is 0. The number of alkyl halides is 1. The van der Waals surface area contributed by atoms with Crippen LogP contribution in [0.5, 0.6) is 0 Å². The summed E-state index contributed by atoms with van der Waals surface area (Å²) in [5, 5.41) is 0.119. The lowest BCUT2D eigenvalue weighted by Crippen LogP contribution is -2.06. The molecule has 1 unspecified atom stereocenters. The van der Waals surface area contributed by atoms with E-state index < -0.39 is 0 Å². The van der Waals surface area contributed by atoms with Gasteiger partial charge in [0.2, 0.25) is 0 Å². The van der Waals surface area contributed by atoms with Crippen molar-refractivity contribution in [1.82, 2.24) is 0 Å². The lowest BCUT2D eigenvalue weighted by Gasteiger charge is -2.21. The Morgan fingerprint density at radius 2 is 1.38 bits per heavy atom. The molecule has 1 heteroatoms. The second-order valence-electron chi connectivity index (χ2n) is 8.52. The van der Waals surface area contributed by atoms with E-state index in [1.807, 2.05) is 0 Å². The van der Waals surface area contributed by atoms with Crippen molar-refractivity contribution in [2.75, 3.05) is 0 Å². The van der Waals surface area contributed by atoms with Gasteiger partial charge >= 0.3 is 0 Å². The Morgan fingerprint density at radius 1 is 0.857 bits per heavy atom. The van der Waals surface area contributed by atoms with Gasteiger partial charge in [0.05, 0.1) is 5.38 Å². The van der Waals surface area contributed by atoms with Crippen molar-refractivity contribution >= 4 is 11.6 Å². The summed E-state index contributed by atoms with van der Waals surface area (Å²) < 4.78 is 0. The molecule has 0 aliphatic heterocycles. The summed E-state index contributed by atoms with van der Waals surface area (Å²) in [6.45, 7) is 18.5. The van der Waals surface area contributed by atoms with Crippen LogP contribution in [0.25, 0.3) is 0 Å². The maximum atomic E-state index is 6.95. The van der Waals surface area contributed by atoms with Crippen LogP contribution in [0.15, 0.2) is 18.2 Å². The quantitative estimate of drug-likeness (QED) is 0.531. The Bertz CT molecular complexity index is 509. The highest BCUT2D eigenvalue weighted by Crippen LogP contribution is 2.73. The van der Waals surface area contributed by atoms with E-state index in [-0.39, 0.29) is 5.38 Å². The number of halogens is 1. The van der Waals surface area contributed by atoms with Crippen molar-refractivity contribution < 1.29 is 0 Å². The Morgan fingerprint density at radius 3 is 1.76 bits per heavy atom. The maximum absolute atomic E-state index is 6.95. The van der Waals surface area contributed by atoms with E-state index in [9.17, 15) is 0 Å². The minimum atomic E-state index is 0.119. The van der Waals surface area contributed by atoms with E-state index in [4.69, 9.17) is 11.6 Å². The second kappa shape index (κ2) is 5.30. The molecular weight excluding hydrogens is 276 g/mol. The van der Waals surface area contributed by atoms with Crippen molar-refractivity contribution in [2.45, 2.75) is 72.6 Å². The fourth-order valence-electron chi connectivity index (χ4n) is 3.86. The molecule has 1 aromatic carbocycles. The van der Waals surface area contributed by atoms with Crippen LogP contribution in [-0.2, 0) is 0 Å². The summed E-state index contributed by atoms with van der Waals surface area (Å²) in [5.74, 6) is 1.64. The van der Waals surface area contributed by atoms with Gasteiger partial charge in [0.25, 0.3) is 0 Å². The zero-order valence-electron chi connectivity index (χ0n) is 14.9. The van der Waals surface area contributed by atoms with Crippen LogP contribution in [0, 0.1) is 16.7 Å². The molecule has 1 saturated carbocycles. The van der Waals surface area contributed by atoms with Crippen LogP contribution >= 0.6 is 11.6 Å². The van der Waals surface area contributed by atoms with Gasteiger partial charge in [0.1, 0.15) is 0 Å². The van der Waals surface area contributed by atoms with Crippen LogP contribution in [0.2, 0.25) is 0 Å². The van der Waals surface area contributed by atoms with E-state index in [1.165, 1.54) is 16.7 Å². The highest BCUT2D eigenvalue weighted by Gasteiger charge is 2.67. The molecule has 118 valence electrons. The minimum absolute atomic E-state index is 0.119. The number of hydrogen-bond acceptors (Lipinski definition) is 0. The fraction of sp³-hybridized carbons (Fsp3) is 0.700. The number of benzene rings is 1. The van der Waals surface area contributed by atoms with E-state index in [1.54, 1.807) is 0 Å². The van der Waals surface area contributed by atoms with Gasteiger partial charge in [-0.2, -0.15) is 0 Å². The second-order valence-corrected chi connectivity index (χ2v) is 8.99. The third-order valence-electron chi connectivity index (χ3n) is 6.12. The zero-order valence-corrected chi connectivity index (χ0v) is 15.7. The standard InChI is InChI=1S/C20H31Cl/c1-12(2)14-9-10-15(16(11-14)13(3)4)17(21)18-19(5,6)20(18,7)8/h9-13,17-18H,1-8H3. The van der Waals surface area contributed by atoms with Gasteiger partial charge < -0.3 is 0 Å². The number of hydrogen-bond donors (Lipinski definition) is 0. The molecule has 0 nitrogen and oxygen atoms in total. The van der Waals surface area contributed by atoms with Crippen molar-refractivity contribution in [1.29, 1.82) is 0 Å². The molecule has 1 aliphatic carbocycles. The zero-order chi connectivity index (χ0) is 16.2. The Labute approximate surface area is 136 Å². The smallest absolute Gasteiger partial charge is 0.0626 e. The van der Waals surface area contributed by atoms with Gasteiger partial charge in [0.15, 0.2) is 0 Å². The van der Waals surface area contributed by atoms with Crippen LogP contribution in [-0.4, -0.2) is 0 Å². The minimum Gasteiger partial charge on any atom is -0.117 e. The van der Waals surface area contributed by atoms with Gasteiger partial charge in [-0.25, -0.2) is 0 Å². The lowest BCUT2D eigenvalue weighted by molar-refractivity contribution is 0.457. The van der Waals surface area contributed by atoms with Crippen LogP contribution in [0.4, 0.5) is 0 Å². The molecule has 1 aromatic rings. The highest BCUT2D eigenvalue weighted by molar-refractivity contribution is 6.21. The predicted octanol–water partition coefficient (Wildman–Crippen LogP) is 6.90. The third-order valence-corrected chi connectivity index (χ3v) is 6.61. The van der Waals surface area contributed by atoms with Crippen LogP contribution in [0.3, 0.4) is 0 Å². The van der Waals surface area contributed by atoms with E-state index >= 15 is 0 Å². The molecule has 2 rings (SSSR count). The molecule has 0 heterocycles. The summed E-state index contributed by atoms with van der Waals surface area (Å²) in [6, 6.07) is 6.93. The van der Waals surface area contributed by atoms with Gasteiger partial charge in [-0.15, -0.1) is 11.6 Å². The molecule has 21 heavy (non-hydrogen) atoms. The Kier molecular flexibility index (Phi) is 4.26. The molecule has 0 bridgehead atoms. The van der Waals surface area contributed by atoms with E-state index in [0.29, 0.717) is 28.6 Å². The molecule has 0 radical (unpaired) electrons. The molecule has 0 N–H and O–H groups in total. The first-order valence-electron chi connectivity index (χ1n) is 8.29. The molecule has 0 aromatic heterocycles. The van der Waals surface area contributed by atoms with Crippen molar-refractivity contribution in [3.8, 4) is 0 Å². The normalized spacial score (nSPS) is 21.9. The van der Waals surface area contributed by atoms with Crippen molar-refractivity contribution in [2.24, 2.45) is 16.7 Å². The fourth-order valence-corrected chi connectivity index (χ4v) is 4.69. The first kappa shape index (κ1) is 16.9. The lowest BCUT2D eigenvalue weighted by atomic mass is 9.88. The van der Waals surface area contributed by atoms with Gasteiger partial charge in [0, 0.05) is 0 Å². The SMILES string of the molecule is CC(C)c1ccc(C(Cl)C2C(C)(C)C2(C)C)c(C(C)C)c1. The summed E-state index contributed by atoms with van der Waals surface area (Å²) in [5.41, 5.74) is 4.84. The largest absolute Gasteiger partial charge is 0.117 e. The third kappa shape index (κ3) is 2.65. The highest BCUT2D eigenvalue weighted by atomic mass is 35.5. The first-order valence-corrected chi connectivity index (χ1v) is 8.73. The maximum Gasteiger partial charge on any atom is 0.0626 e. The van der Waals surface area contributed by atoms with Crippen LogP contribution < -0.4 is 0 Å². The topological polar surface area (TPSA) is 0 Å². The molecule has 0 amide bonds. The number of rotatable bonds is 4. The average Bonchev–Trinajstić information content (AvgIpc) is 2.78. The summed E-state index contributed by atoms with van der Waals surface area (Å²) in [7, 11) is 0. The van der Waals surface area contributed by atoms with Gasteiger partial charge in [-0.1, -0.05) is 73.6 Å². The molecule has 1 fully saturated rings. The van der Waals surface area contributed by atoms with Crippen molar-refractivity contribution in [3.05, 3.63) is 34.9 Å². The van der Waals surface area contributed by atoms with E-state index in [0.717, 1.165) is 0 Å². The molecular formula is C20H31Cl. The summed E-state index contributed by atoms with van der Waals surface area (Å²) >= 11 is 6.95. The molecule has 0 saturated heterocycles. The monoisotopic (exact) mass is 306 g/mol. The van der Waals surface area contributed by atoms with E-state index in [2.05, 4.69) is 73.6 Å². The van der Waals surface area contributed by atoms with Crippen LogP contribution in [0.1, 0.15) is 89.3 Å². The first-order chi connectivity index (χ1) is 9.51. The molecule has 1 atom stereocenters. The molecule has 1 aliphatic rings. The summed E-state index contributed by atoms with van der Waals surface area (Å²) in [6.07, 6.45) is 0. The van der Waals surface area contributed by atoms with Crippen molar-refractivity contribution in [3.63, 3.8) is 0 Å².